The molecule has 0 heterocycles. The maximum atomic E-state index is 10.5. The van der Waals surface area contributed by atoms with Gasteiger partial charge < -0.3 is 9.29 Å². The number of hydrogen-bond acceptors (Lipinski definition) is 4. The van der Waals surface area contributed by atoms with Crippen molar-refractivity contribution in [2.24, 2.45) is 0 Å². The number of hydrogen-bond donors (Lipinski definition) is 2. The van der Waals surface area contributed by atoms with E-state index in [4.69, 9.17) is 4.55 Å². The maximum Gasteiger partial charge on any atom is 0.446 e. The van der Waals surface area contributed by atoms with Crippen molar-refractivity contribution in [3.05, 3.63) is 36.4 Å². The van der Waals surface area contributed by atoms with Crippen LogP contribution in [0.5, 0.6) is 11.5 Å². The molecule has 2 rings (SSSR count). The van der Waals surface area contributed by atoms with Gasteiger partial charge in [0.1, 0.15) is 11.5 Å². The Bertz CT molecular complexity index is 633. The molecule has 0 saturated heterocycles. The maximum absolute atomic E-state index is 10.5. The molecule has 6 heteroatoms. The Kier molecular flexibility index (Phi) is 2.45. The van der Waals surface area contributed by atoms with Crippen LogP contribution in [0.1, 0.15) is 0 Å². The van der Waals surface area contributed by atoms with E-state index in [-0.39, 0.29) is 11.5 Å². The minimum absolute atomic E-state index is 0.0133. The molecule has 2 N–H and O–H groups in total. The number of benzene rings is 2. The lowest BCUT2D eigenvalue weighted by Gasteiger charge is -2.04. The van der Waals surface area contributed by atoms with Gasteiger partial charge in [0.05, 0.1) is 0 Å². The standard InChI is InChI=1S/C10H8O5S/c11-10-3-1-2-7-6-8(4-5-9(7)10)15-16(12,13)14/h1-6,11H,(H,12,13,14). The molecule has 0 aromatic heterocycles. The molecule has 0 aliphatic heterocycles. The molecule has 0 unspecified atom stereocenters. The molecule has 2 aromatic rings. The molecule has 0 aliphatic rings. The van der Waals surface area contributed by atoms with Crippen LogP contribution in [0.25, 0.3) is 10.8 Å². The van der Waals surface area contributed by atoms with Crippen molar-refractivity contribution in [2.45, 2.75) is 0 Å². The summed E-state index contributed by atoms with van der Waals surface area (Å²) in [6.45, 7) is 0. The normalized spacial score (nSPS) is 11.6. The fourth-order valence-electron chi connectivity index (χ4n) is 1.42. The molecule has 16 heavy (non-hydrogen) atoms. The summed E-state index contributed by atoms with van der Waals surface area (Å²) in [5, 5.41) is 10.7. The van der Waals surface area contributed by atoms with Crippen LogP contribution < -0.4 is 4.18 Å². The average Bonchev–Trinajstić information content (AvgIpc) is 2.15. The van der Waals surface area contributed by atoms with E-state index in [1.165, 1.54) is 24.3 Å². The summed E-state index contributed by atoms with van der Waals surface area (Å²) in [4.78, 5) is 0. The van der Waals surface area contributed by atoms with Crippen molar-refractivity contribution in [3.63, 3.8) is 0 Å². The molecule has 84 valence electrons. The highest BCUT2D eigenvalue weighted by molar-refractivity contribution is 7.81. The molecule has 0 radical (unpaired) electrons. The lowest BCUT2D eigenvalue weighted by molar-refractivity contribution is 0.387. The topological polar surface area (TPSA) is 83.8 Å². The number of phenols is 1. The Morgan fingerprint density at radius 1 is 1.12 bits per heavy atom. The third kappa shape index (κ3) is 2.23. The summed E-state index contributed by atoms with van der Waals surface area (Å²) in [6, 6.07) is 9.08. The van der Waals surface area contributed by atoms with Gasteiger partial charge in [0.2, 0.25) is 0 Å². The molecule has 2 aromatic carbocycles. The van der Waals surface area contributed by atoms with Crippen LogP contribution in [0, 0.1) is 0 Å². The summed E-state index contributed by atoms with van der Waals surface area (Å²) in [5.41, 5.74) is 0. The summed E-state index contributed by atoms with van der Waals surface area (Å²) in [7, 11) is -4.52. The van der Waals surface area contributed by atoms with Gasteiger partial charge in [-0.2, -0.15) is 8.42 Å². The fraction of sp³-hybridized carbons (Fsp3) is 0. The second-order valence-electron chi connectivity index (χ2n) is 3.17. The van der Waals surface area contributed by atoms with Gasteiger partial charge in [-0.1, -0.05) is 12.1 Å². The van der Waals surface area contributed by atoms with Gasteiger partial charge in [0.15, 0.2) is 0 Å². The number of aromatic hydroxyl groups is 1. The van der Waals surface area contributed by atoms with E-state index >= 15 is 0 Å². The zero-order valence-electron chi connectivity index (χ0n) is 7.99. The van der Waals surface area contributed by atoms with Gasteiger partial charge in [-0.15, -0.1) is 0 Å². The molecule has 0 atom stereocenters. The molecule has 0 amide bonds. The first-order valence-corrected chi connectivity index (χ1v) is 5.71. The Morgan fingerprint density at radius 3 is 2.56 bits per heavy atom. The van der Waals surface area contributed by atoms with Gasteiger partial charge in [0.25, 0.3) is 0 Å². The quantitative estimate of drug-likeness (QED) is 0.781. The van der Waals surface area contributed by atoms with Crippen LogP contribution in [0.3, 0.4) is 0 Å². The zero-order valence-corrected chi connectivity index (χ0v) is 8.81. The third-order valence-corrected chi connectivity index (χ3v) is 2.43. The van der Waals surface area contributed by atoms with Crippen molar-refractivity contribution in [2.75, 3.05) is 0 Å². The van der Waals surface area contributed by atoms with Crippen LogP contribution in [-0.4, -0.2) is 18.1 Å². The Balaban J connectivity index is 2.53. The number of fused-ring (bicyclic) bond motifs is 1. The predicted molar refractivity (Wildman–Crippen MR) is 57.8 cm³/mol. The second kappa shape index (κ2) is 3.66. The summed E-state index contributed by atoms with van der Waals surface area (Å²) >= 11 is 0. The highest BCUT2D eigenvalue weighted by Crippen LogP contribution is 2.27. The zero-order chi connectivity index (χ0) is 11.8. The minimum Gasteiger partial charge on any atom is -0.507 e. The lowest BCUT2D eigenvalue weighted by atomic mass is 10.1. The molecule has 0 fully saturated rings. The van der Waals surface area contributed by atoms with Gasteiger partial charge in [0, 0.05) is 5.39 Å². The van der Waals surface area contributed by atoms with Crippen LogP contribution in [0.4, 0.5) is 0 Å². The van der Waals surface area contributed by atoms with Crippen LogP contribution in [0.15, 0.2) is 36.4 Å². The monoisotopic (exact) mass is 240 g/mol. The van der Waals surface area contributed by atoms with Crippen LogP contribution in [0.2, 0.25) is 0 Å². The SMILES string of the molecule is O=S(=O)(O)Oc1ccc2c(O)cccc2c1. The molecular formula is C10H8O5S. The number of rotatable bonds is 2. The molecule has 0 spiro atoms. The van der Waals surface area contributed by atoms with Gasteiger partial charge in [-0.05, 0) is 29.7 Å². The highest BCUT2D eigenvalue weighted by Gasteiger charge is 2.08. The van der Waals surface area contributed by atoms with E-state index in [1.54, 1.807) is 12.1 Å². The van der Waals surface area contributed by atoms with E-state index in [1.807, 2.05) is 0 Å². The van der Waals surface area contributed by atoms with Crippen molar-refractivity contribution >= 4 is 21.2 Å². The van der Waals surface area contributed by atoms with E-state index in [0.717, 1.165) is 0 Å². The molecule has 0 bridgehead atoms. The van der Waals surface area contributed by atoms with E-state index in [0.29, 0.717) is 10.8 Å². The Morgan fingerprint density at radius 2 is 1.88 bits per heavy atom. The summed E-state index contributed by atoms with van der Waals surface area (Å²) in [5.74, 6) is 0.0801. The van der Waals surface area contributed by atoms with Crippen molar-refractivity contribution in [1.29, 1.82) is 0 Å². The highest BCUT2D eigenvalue weighted by atomic mass is 32.3. The van der Waals surface area contributed by atoms with Gasteiger partial charge >= 0.3 is 10.4 Å². The smallest absolute Gasteiger partial charge is 0.446 e. The van der Waals surface area contributed by atoms with Crippen molar-refractivity contribution in [1.82, 2.24) is 0 Å². The van der Waals surface area contributed by atoms with E-state index in [9.17, 15) is 13.5 Å². The van der Waals surface area contributed by atoms with Crippen molar-refractivity contribution < 1.29 is 22.3 Å². The Hall–Kier alpha value is -1.79. The first kappa shape index (κ1) is 10.7. The summed E-state index contributed by atoms with van der Waals surface area (Å²) in [6.07, 6.45) is 0. The minimum atomic E-state index is -4.52. The van der Waals surface area contributed by atoms with Crippen LogP contribution in [-0.2, 0) is 10.4 Å². The second-order valence-corrected chi connectivity index (χ2v) is 4.19. The van der Waals surface area contributed by atoms with E-state index < -0.39 is 10.4 Å². The van der Waals surface area contributed by atoms with Gasteiger partial charge in [-0.25, -0.2) is 0 Å². The van der Waals surface area contributed by atoms with E-state index in [2.05, 4.69) is 4.18 Å². The predicted octanol–water partition coefficient (Wildman–Crippen LogP) is 1.73. The average molecular weight is 240 g/mol. The largest absolute Gasteiger partial charge is 0.507 e. The summed E-state index contributed by atoms with van der Waals surface area (Å²) < 4.78 is 33.8. The van der Waals surface area contributed by atoms with Crippen LogP contribution >= 0.6 is 0 Å². The fourth-order valence-corrected chi connectivity index (χ4v) is 1.76. The molecular weight excluding hydrogens is 232 g/mol. The molecule has 5 nitrogen and oxygen atoms in total. The first-order valence-electron chi connectivity index (χ1n) is 4.34. The molecule has 0 aliphatic carbocycles. The lowest BCUT2D eigenvalue weighted by Crippen LogP contribution is -2.06. The van der Waals surface area contributed by atoms with Gasteiger partial charge in [-0.3, -0.25) is 4.55 Å². The molecule has 0 saturated carbocycles. The number of phenolic OH excluding ortho intramolecular Hbond substituents is 1. The third-order valence-electron chi connectivity index (χ3n) is 2.03. The first-order chi connectivity index (χ1) is 7.46. The Labute approximate surface area is 91.9 Å². The van der Waals surface area contributed by atoms with Crippen molar-refractivity contribution in [3.8, 4) is 11.5 Å².